The van der Waals surface area contributed by atoms with Crippen LogP contribution in [0.15, 0.2) is 4.99 Å². The summed E-state index contributed by atoms with van der Waals surface area (Å²) in [4.78, 5) is 24.0. The zero-order valence-electron chi connectivity index (χ0n) is 18.8. The molecule has 1 aliphatic carbocycles. The van der Waals surface area contributed by atoms with Gasteiger partial charge in [-0.25, -0.2) is 0 Å². The maximum Gasteiger partial charge on any atom is 0.239 e. The van der Waals surface area contributed by atoms with Crippen LogP contribution < -0.4 is 5.32 Å². The highest BCUT2D eigenvalue weighted by Gasteiger charge is 2.35. The van der Waals surface area contributed by atoms with Crippen LogP contribution in [0.3, 0.4) is 0 Å². The summed E-state index contributed by atoms with van der Waals surface area (Å²) in [6, 6.07) is -0.0129. The molecule has 2 saturated heterocycles. The van der Waals surface area contributed by atoms with Crippen LogP contribution in [0.1, 0.15) is 51.9 Å². The zero-order valence-corrected chi connectivity index (χ0v) is 18.8. The summed E-state index contributed by atoms with van der Waals surface area (Å²) in [5, 5.41) is 3.67. The maximum atomic E-state index is 12.7. The molecule has 0 radical (unpaired) electrons. The number of guanidine groups is 1. The van der Waals surface area contributed by atoms with Crippen molar-refractivity contribution in [3.05, 3.63) is 0 Å². The Morgan fingerprint density at radius 3 is 2.28 bits per heavy atom. The van der Waals surface area contributed by atoms with Crippen LogP contribution in [0.4, 0.5) is 0 Å². The number of nitrogens with one attached hydrogen (secondary N) is 1. The van der Waals surface area contributed by atoms with Crippen molar-refractivity contribution < 1.29 is 9.53 Å². The van der Waals surface area contributed by atoms with Crippen LogP contribution in [-0.2, 0) is 9.53 Å². The SMILES string of the molecule is CN=C(NCC1(CCOC)CCCC1)N1CCN(C(C)C(=O)N2CCCC2)CC1. The molecule has 7 heteroatoms. The lowest BCUT2D eigenvalue weighted by Crippen LogP contribution is -2.57. The molecule has 1 saturated carbocycles. The van der Waals surface area contributed by atoms with E-state index < -0.39 is 0 Å². The van der Waals surface area contributed by atoms with Gasteiger partial charge >= 0.3 is 0 Å². The van der Waals surface area contributed by atoms with Gasteiger partial charge in [0.25, 0.3) is 0 Å². The van der Waals surface area contributed by atoms with Gasteiger partial charge < -0.3 is 19.9 Å². The van der Waals surface area contributed by atoms with Gasteiger partial charge in [0.2, 0.25) is 5.91 Å². The van der Waals surface area contributed by atoms with Gasteiger partial charge in [-0.05, 0) is 44.4 Å². The Bertz CT molecular complexity index is 547. The number of ether oxygens (including phenoxy) is 1. The fraction of sp³-hybridized carbons (Fsp3) is 0.909. The molecule has 166 valence electrons. The van der Waals surface area contributed by atoms with Gasteiger partial charge in [0.05, 0.1) is 6.04 Å². The third-order valence-corrected chi connectivity index (χ3v) is 7.27. The molecule has 3 fully saturated rings. The van der Waals surface area contributed by atoms with Crippen LogP contribution in [0.25, 0.3) is 0 Å². The number of piperazine rings is 1. The number of rotatable bonds is 7. The highest BCUT2D eigenvalue weighted by atomic mass is 16.5. The molecule has 0 bridgehead atoms. The van der Waals surface area contributed by atoms with Crippen LogP contribution in [-0.4, -0.2) is 99.2 Å². The van der Waals surface area contributed by atoms with E-state index in [0.717, 1.165) is 77.6 Å². The molecule has 7 nitrogen and oxygen atoms in total. The summed E-state index contributed by atoms with van der Waals surface area (Å²) in [6.45, 7) is 9.42. The van der Waals surface area contributed by atoms with Crippen LogP contribution in [0, 0.1) is 5.41 Å². The van der Waals surface area contributed by atoms with E-state index in [9.17, 15) is 4.79 Å². The predicted octanol–water partition coefficient (Wildman–Crippen LogP) is 1.79. The summed E-state index contributed by atoms with van der Waals surface area (Å²) in [5.41, 5.74) is 0.352. The number of amides is 1. The van der Waals surface area contributed by atoms with E-state index in [1.54, 1.807) is 7.11 Å². The molecule has 1 atom stereocenters. The summed E-state index contributed by atoms with van der Waals surface area (Å²) < 4.78 is 5.36. The van der Waals surface area contributed by atoms with E-state index in [1.165, 1.54) is 25.7 Å². The van der Waals surface area contributed by atoms with Crippen molar-refractivity contribution in [2.75, 3.05) is 66.6 Å². The van der Waals surface area contributed by atoms with Gasteiger partial charge in [0.15, 0.2) is 5.96 Å². The van der Waals surface area contributed by atoms with Crippen molar-refractivity contribution in [3.63, 3.8) is 0 Å². The number of hydrogen-bond donors (Lipinski definition) is 1. The first-order valence-corrected chi connectivity index (χ1v) is 11.6. The minimum absolute atomic E-state index is 0.0129. The molecule has 29 heavy (non-hydrogen) atoms. The molecule has 2 heterocycles. The zero-order chi connectivity index (χ0) is 20.7. The second kappa shape index (κ2) is 10.6. The number of carbonyl (C=O) groups is 1. The van der Waals surface area contributed by atoms with E-state index in [2.05, 4.69) is 27.0 Å². The highest BCUT2D eigenvalue weighted by Crippen LogP contribution is 2.40. The number of carbonyl (C=O) groups excluding carboxylic acids is 1. The predicted molar refractivity (Wildman–Crippen MR) is 117 cm³/mol. The van der Waals surface area contributed by atoms with Crippen molar-refractivity contribution >= 4 is 11.9 Å². The van der Waals surface area contributed by atoms with Gasteiger partial charge in [0.1, 0.15) is 0 Å². The fourth-order valence-corrected chi connectivity index (χ4v) is 5.24. The van der Waals surface area contributed by atoms with Gasteiger partial charge in [-0.3, -0.25) is 14.7 Å². The molecule has 3 aliphatic rings. The number of methoxy groups -OCH3 is 1. The van der Waals surface area contributed by atoms with Crippen molar-refractivity contribution in [2.24, 2.45) is 10.4 Å². The molecular weight excluding hydrogens is 366 g/mol. The van der Waals surface area contributed by atoms with Crippen molar-refractivity contribution in [2.45, 2.75) is 57.9 Å². The Balaban J connectivity index is 1.47. The van der Waals surface area contributed by atoms with Crippen molar-refractivity contribution in [3.8, 4) is 0 Å². The Morgan fingerprint density at radius 2 is 1.69 bits per heavy atom. The van der Waals surface area contributed by atoms with Crippen LogP contribution in [0.2, 0.25) is 0 Å². The van der Waals surface area contributed by atoms with Crippen LogP contribution >= 0.6 is 0 Å². The molecule has 1 N–H and O–H groups in total. The smallest absolute Gasteiger partial charge is 0.239 e. The Morgan fingerprint density at radius 1 is 1.03 bits per heavy atom. The van der Waals surface area contributed by atoms with Gasteiger partial charge in [-0.15, -0.1) is 0 Å². The van der Waals surface area contributed by atoms with Crippen LogP contribution in [0.5, 0.6) is 0 Å². The summed E-state index contributed by atoms with van der Waals surface area (Å²) in [5.74, 6) is 1.31. The fourth-order valence-electron chi connectivity index (χ4n) is 5.24. The summed E-state index contributed by atoms with van der Waals surface area (Å²) in [6.07, 6.45) is 8.64. The number of aliphatic imine (C=N–C) groups is 1. The van der Waals surface area contributed by atoms with E-state index in [1.807, 2.05) is 11.9 Å². The van der Waals surface area contributed by atoms with Gasteiger partial charge in [-0.2, -0.15) is 0 Å². The normalized spacial score (nSPS) is 24.2. The Labute approximate surface area is 176 Å². The van der Waals surface area contributed by atoms with Crippen molar-refractivity contribution in [1.82, 2.24) is 20.0 Å². The monoisotopic (exact) mass is 407 g/mol. The number of likely N-dealkylation sites (tertiary alicyclic amines) is 1. The summed E-state index contributed by atoms with van der Waals surface area (Å²) in [7, 11) is 3.68. The second-order valence-corrected chi connectivity index (χ2v) is 9.08. The minimum Gasteiger partial charge on any atom is -0.385 e. The Kier molecular flexibility index (Phi) is 8.18. The molecule has 2 aliphatic heterocycles. The third-order valence-electron chi connectivity index (χ3n) is 7.27. The van der Waals surface area contributed by atoms with Crippen molar-refractivity contribution in [1.29, 1.82) is 0 Å². The lowest BCUT2D eigenvalue weighted by atomic mass is 9.83. The Hall–Kier alpha value is -1.34. The topological polar surface area (TPSA) is 60.4 Å². The van der Waals surface area contributed by atoms with E-state index >= 15 is 0 Å². The quantitative estimate of drug-likeness (QED) is 0.515. The molecule has 0 spiro atoms. The molecule has 0 aromatic heterocycles. The lowest BCUT2D eigenvalue weighted by Gasteiger charge is -2.40. The largest absolute Gasteiger partial charge is 0.385 e. The van der Waals surface area contributed by atoms with Gasteiger partial charge in [0, 0.05) is 66.6 Å². The first-order valence-electron chi connectivity index (χ1n) is 11.6. The lowest BCUT2D eigenvalue weighted by molar-refractivity contribution is -0.135. The molecule has 0 aromatic rings. The third kappa shape index (κ3) is 5.63. The molecule has 1 amide bonds. The molecular formula is C22H41N5O2. The highest BCUT2D eigenvalue weighted by molar-refractivity contribution is 5.82. The first kappa shape index (κ1) is 22.3. The second-order valence-electron chi connectivity index (χ2n) is 9.08. The molecule has 1 unspecified atom stereocenters. The molecule has 0 aromatic carbocycles. The average Bonchev–Trinajstić information content (AvgIpc) is 3.45. The molecule has 3 rings (SSSR count). The standard InChI is InChI=1S/C22H41N5O2/c1-19(20(28)26-11-6-7-12-26)25-13-15-27(16-14-25)21(23-2)24-18-22(10-17-29-3)8-4-5-9-22/h19H,4-18H2,1-3H3,(H,23,24). The minimum atomic E-state index is -0.0129. The number of hydrogen-bond acceptors (Lipinski definition) is 4. The van der Waals surface area contributed by atoms with Gasteiger partial charge in [-0.1, -0.05) is 12.8 Å². The average molecular weight is 408 g/mol. The van der Waals surface area contributed by atoms with E-state index in [-0.39, 0.29) is 6.04 Å². The number of nitrogens with zero attached hydrogens (tertiary/aromatic N) is 4. The van der Waals surface area contributed by atoms with E-state index in [0.29, 0.717) is 11.3 Å². The first-order chi connectivity index (χ1) is 14.1. The summed E-state index contributed by atoms with van der Waals surface area (Å²) >= 11 is 0. The maximum absolute atomic E-state index is 12.7. The van der Waals surface area contributed by atoms with E-state index in [4.69, 9.17) is 4.74 Å².